The van der Waals surface area contributed by atoms with Gasteiger partial charge in [0.25, 0.3) is 0 Å². The smallest absolute Gasteiger partial charge is 0.0832 e. The number of alkyl halides is 1. The van der Waals surface area contributed by atoms with Crippen LogP contribution in [0.4, 0.5) is 0 Å². The number of hydrogen-bond acceptors (Lipinski definition) is 4. The first-order valence-corrected chi connectivity index (χ1v) is 5.42. The molecule has 0 aliphatic rings. The van der Waals surface area contributed by atoms with Crippen LogP contribution >= 0.6 is 61.2 Å². The van der Waals surface area contributed by atoms with E-state index in [4.69, 9.17) is 22.4 Å². The number of rotatable bonds is 3. The van der Waals surface area contributed by atoms with Crippen LogP contribution in [0.1, 0.15) is 13.8 Å². The Morgan fingerprint density at radius 2 is 1.53 bits per heavy atom. The average molecular weight is 354 g/mol. The van der Waals surface area contributed by atoms with E-state index in [0.29, 0.717) is 6.54 Å². The fraction of sp³-hybridized carbons (Fsp3) is 1.00. The predicted molar refractivity (Wildman–Crippen MR) is 85.0 cm³/mol. The lowest BCUT2D eigenvalue weighted by Crippen LogP contribution is -2.29. The Balaban J connectivity index is -0.0000000421. The summed E-state index contributed by atoms with van der Waals surface area (Å²) in [7, 11) is 4.00. The zero-order valence-electron chi connectivity index (χ0n) is 10.5. The molecule has 0 bridgehead atoms. The first-order valence-electron chi connectivity index (χ1n) is 4.27. The van der Waals surface area contributed by atoms with Crippen molar-refractivity contribution >= 4 is 61.2 Å². The minimum atomic E-state index is -0.681. The van der Waals surface area contributed by atoms with Gasteiger partial charge in [-0.15, -0.1) is 24.0 Å². The van der Waals surface area contributed by atoms with E-state index in [1.165, 1.54) is 0 Å². The standard InChI is InChI=1S/C4H10ClN.C4H11NO.Cl2O.ClH.H2S/c1-6(2)4-3-5;1-4(2,6)3-5;1-3-2;;/h3-4H2,1-2H3;6H,3,5H2,1-2H3;;1H;1H2. The highest BCUT2D eigenvalue weighted by Gasteiger charge is 2.06. The lowest BCUT2D eigenvalue weighted by molar-refractivity contribution is 0.0898. The summed E-state index contributed by atoms with van der Waals surface area (Å²) in [5.41, 5.74) is 4.38. The van der Waals surface area contributed by atoms with E-state index in [1.54, 1.807) is 13.8 Å². The quantitative estimate of drug-likeness (QED) is 0.764. The van der Waals surface area contributed by atoms with Crippen LogP contribution in [0.2, 0.25) is 0 Å². The molecular weight excluding hydrogens is 330 g/mol. The molecule has 0 unspecified atom stereocenters. The Labute approximate surface area is 133 Å². The maximum atomic E-state index is 8.70. The molecule has 0 aliphatic carbocycles. The van der Waals surface area contributed by atoms with Crippen molar-refractivity contribution in [2.45, 2.75) is 19.4 Å². The Hall–Kier alpha value is 1.35. The van der Waals surface area contributed by atoms with Crippen LogP contribution in [0.5, 0.6) is 0 Å². The summed E-state index contributed by atoms with van der Waals surface area (Å²) in [5.74, 6) is 0.729. The lowest BCUT2D eigenvalue weighted by Gasteiger charge is -2.11. The summed E-state index contributed by atoms with van der Waals surface area (Å²) in [6, 6.07) is 0. The van der Waals surface area contributed by atoms with Gasteiger partial charge in [-0.1, -0.05) is 0 Å². The molecule has 0 atom stereocenters. The van der Waals surface area contributed by atoms with Gasteiger partial charge in [-0.2, -0.15) is 17.3 Å². The molecule has 4 nitrogen and oxygen atoms in total. The molecule has 0 aromatic carbocycles. The van der Waals surface area contributed by atoms with E-state index < -0.39 is 5.60 Å². The summed E-state index contributed by atoms with van der Waals surface area (Å²) < 4.78 is 3.19. The van der Waals surface area contributed by atoms with E-state index in [9.17, 15) is 0 Å². The molecule has 0 amide bonds. The third-order valence-electron chi connectivity index (χ3n) is 1.03. The van der Waals surface area contributed by atoms with Gasteiger partial charge in [0.1, 0.15) is 0 Å². The Bertz CT molecular complexity index is 118. The van der Waals surface area contributed by atoms with Crippen molar-refractivity contribution < 1.29 is 8.95 Å². The summed E-state index contributed by atoms with van der Waals surface area (Å²) in [5, 5.41) is 8.70. The number of nitrogens with zero attached hydrogens (tertiary/aromatic N) is 1. The van der Waals surface area contributed by atoms with E-state index in [1.807, 2.05) is 19.0 Å². The molecule has 0 aromatic heterocycles. The Kier molecular flexibility index (Phi) is 41.1. The number of nitrogens with two attached hydrogens (primary N) is 1. The molecule has 9 heteroatoms. The fourth-order valence-electron chi connectivity index (χ4n) is 0.169. The van der Waals surface area contributed by atoms with Gasteiger partial charge in [-0.05, 0) is 27.9 Å². The molecule has 0 spiro atoms. The minimum absolute atomic E-state index is 0. The highest BCUT2D eigenvalue weighted by Crippen LogP contribution is 1.93. The van der Waals surface area contributed by atoms with Crippen molar-refractivity contribution in [3.8, 4) is 0 Å². The van der Waals surface area contributed by atoms with Gasteiger partial charge < -0.3 is 15.7 Å². The molecule has 0 heterocycles. The molecule has 0 saturated carbocycles. The molecule has 0 fully saturated rings. The first-order chi connectivity index (χ1) is 6.74. The molecular formula is C8H24Cl4N2O2S. The lowest BCUT2D eigenvalue weighted by atomic mass is 10.1. The molecule has 3 N–H and O–H groups in total. The van der Waals surface area contributed by atoms with Crippen LogP contribution in [-0.2, 0) is 3.84 Å². The zero-order chi connectivity index (χ0) is 12.9. The minimum Gasteiger partial charge on any atom is -0.389 e. The van der Waals surface area contributed by atoms with Crippen LogP contribution in [0.3, 0.4) is 0 Å². The van der Waals surface area contributed by atoms with Gasteiger partial charge in [-0.3, -0.25) is 0 Å². The van der Waals surface area contributed by atoms with Gasteiger partial charge in [-0.25, -0.2) is 0 Å². The summed E-state index contributed by atoms with van der Waals surface area (Å²) in [6.45, 7) is 4.65. The molecule has 0 radical (unpaired) electrons. The summed E-state index contributed by atoms with van der Waals surface area (Å²) in [4.78, 5) is 2.05. The topological polar surface area (TPSA) is 58.7 Å². The van der Waals surface area contributed by atoms with Crippen molar-refractivity contribution in [1.82, 2.24) is 4.90 Å². The van der Waals surface area contributed by atoms with Crippen LogP contribution in [0, 0.1) is 0 Å². The Morgan fingerprint density at radius 1 is 1.29 bits per heavy atom. The van der Waals surface area contributed by atoms with Crippen LogP contribution in [0.15, 0.2) is 0 Å². The largest absolute Gasteiger partial charge is 0.389 e. The second kappa shape index (κ2) is 22.5. The number of aliphatic hydroxyl groups is 1. The van der Waals surface area contributed by atoms with E-state index >= 15 is 0 Å². The van der Waals surface area contributed by atoms with Crippen LogP contribution < -0.4 is 5.73 Å². The Morgan fingerprint density at radius 3 is 1.53 bits per heavy atom. The van der Waals surface area contributed by atoms with Gasteiger partial charge in [0, 0.05) is 19.0 Å². The van der Waals surface area contributed by atoms with Crippen molar-refractivity contribution in [1.29, 1.82) is 0 Å². The van der Waals surface area contributed by atoms with Crippen LogP contribution in [0.25, 0.3) is 0 Å². The normalized spacial score (nSPS) is 8.82. The maximum absolute atomic E-state index is 8.70. The van der Waals surface area contributed by atoms with Gasteiger partial charge in [0.05, 0.1) is 29.3 Å². The third kappa shape index (κ3) is 75.7. The van der Waals surface area contributed by atoms with Gasteiger partial charge >= 0.3 is 0 Å². The van der Waals surface area contributed by atoms with Crippen molar-refractivity contribution in [2.75, 3.05) is 33.1 Å². The molecule has 0 aliphatic heterocycles. The average Bonchev–Trinajstić information content (AvgIpc) is 2.05. The second-order valence-corrected chi connectivity index (χ2v) is 4.41. The highest BCUT2D eigenvalue weighted by atomic mass is 35.6. The summed E-state index contributed by atoms with van der Waals surface area (Å²) in [6.07, 6.45) is 0. The van der Waals surface area contributed by atoms with E-state index in [2.05, 4.69) is 27.6 Å². The van der Waals surface area contributed by atoms with Crippen LogP contribution in [-0.4, -0.2) is 48.7 Å². The highest BCUT2D eigenvalue weighted by molar-refractivity contribution is 7.59. The van der Waals surface area contributed by atoms with Crippen molar-refractivity contribution in [2.24, 2.45) is 5.73 Å². The zero-order valence-corrected chi connectivity index (χ0v) is 14.6. The third-order valence-corrected chi connectivity index (χ3v) is 1.20. The number of halogens is 4. The predicted octanol–water partition coefficient (Wildman–Crippen LogP) is 2.35. The monoisotopic (exact) mass is 352 g/mol. The van der Waals surface area contributed by atoms with E-state index in [0.717, 1.165) is 12.4 Å². The fourth-order valence-corrected chi connectivity index (χ4v) is 0.507. The molecule has 112 valence electrons. The molecule has 0 saturated heterocycles. The van der Waals surface area contributed by atoms with Gasteiger partial charge in [0.15, 0.2) is 0 Å². The maximum Gasteiger partial charge on any atom is 0.0832 e. The second-order valence-electron chi connectivity index (χ2n) is 3.57. The van der Waals surface area contributed by atoms with Crippen molar-refractivity contribution in [3.63, 3.8) is 0 Å². The van der Waals surface area contributed by atoms with Crippen molar-refractivity contribution in [3.05, 3.63) is 0 Å². The number of hydrogen-bond donors (Lipinski definition) is 2. The van der Waals surface area contributed by atoms with E-state index in [-0.39, 0.29) is 25.9 Å². The first kappa shape index (κ1) is 31.0. The molecule has 17 heavy (non-hydrogen) atoms. The SMILES string of the molecule is CC(C)(O)CN.CN(C)CCCl.Cl.ClOCl.S. The molecule has 0 aromatic rings. The molecule has 0 rings (SSSR count). The summed E-state index contributed by atoms with van der Waals surface area (Å²) >= 11 is 13.9. The van der Waals surface area contributed by atoms with Gasteiger partial charge in [0.2, 0.25) is 0 Å².